The van der Waals surface area contributed by atoms with Crippen LogP contribution in [0.5, 0.6) is 0 Å². The molecule has 0 saturated heterocycles. The molecule has 1 nitrogen and oxygen atoms in total. The molecule has 69 valence electrons. The van der Waals surface area contributed by atoms with Gasteiger partial charge in [0.15, 0.2) is 0 Å². The van der Waals surface area contributed by atoms with Crippen LogP contribution >= 0.6 is 0 Å². The van der Waals surface area contributed by atoms with Crippen LogP contribution in [0.2, 0.25) is 0 Å². The normalized spacial score (nSPS) is 19.9. The molecule has 0 unspecified atom stereocenters. The Morgan fingerprint density at radius 2 is 2.08 bits per heavy atom. The van der Waals surface area contributed by atoms with Crippen molar-refractivity contribution in [3.8, 4) is 0 Å². The quantitative estimate of drug-likeness (QED) is 0.656. The monoisotopic (exact) mass is 186 g/mol. The molecule has 13 heavy (non-hydrogen) atoms. The number of halogens is 3. The Bertz CT molecular complexity index is 300. The van der Waals surface area contributed by atoms with Crippen LogP contribution in [0.3, 0.4) is 0 Å². The summed E-state index contributed by atoms with van der Waals surface area (Å²) in [6.07, 6.45) is -1.43. The zero-order valence-electron chi connectivity index (χ0n) is 6.73. The van der Waals surface area contributed by atoms with E-state index in [1.807, 2.05) is 0 Å². The Balaban J connectivity index is 2.37. The number of rotatable bonds is 1. The minimum Gasteiger partial charge on any atom is -0.250 e. The SMILES string of the molecule is FC(F)(F)C1(c2ccc[c]n2)CC1. The van der Waals surface area contributed by atoms with Gasteiger partial charge in [-0.1, -0.05) is 6.07 Å². The summed E-state index contributed by atoms with van der Waals surface area (Å²) in [5.74, 6) is 0. The first kappa shape index (κ1) is 8.53. The maximum absolute atomic E-state index is 12.5. The standard InChI is InChI=1S/C9H7F3N/c10-9(11,12)8(4-5-8)7-3-1-2-6-13-7/h1-3H,4-5H2. The second-order valence-corrected chi connectivity index (χ2v) is 3.23. The van der Waals surface area contributed by atoms with Crippen LogP contribution < -0.4 is 0 Å². The number of aromatic nitrogens is 1. The predicted molar refractivity (Wildman–Crippen MR) is 40.0 cm³/mol. The molecule has 0 N–H and O–H groups in total. The van der Waals surface area contributed by atoms with E-state index in [9.17, 15) is 13.2 Å². The van der Waals surface area contributed by atoms with Crippen molar-refractivity contribution < 1.29 is 13.2 Å². The topological polar surface area (TPSA) is 12.9 Å². The van der Waals surface area contributed by atoms with E-state index in [1.54, 1.807) is 0 Å². The van der Waals surface area contributed by atoms with Gasteiger partial charge in [0.25, 0.3) is 0 Å². The van der Waals surface area contributed by atoms with E-state index in [1.165, 1.54) is 18.2 Å². The van der Waals surface area contributed by atoms with Crippen LogP contribution in [0, 0.1) is 6.20 Å². The zero-order valence-corrected chi connectivity index (χ0v) is 6.73. The summed E-state index contributed by atoms with van der Waals surface area (Å²) in [5, 5.41) is 0. The van der Waals surface area contributed by atoms with E-state index in [4.69, 9.17) is 0 Å². The average Bonchev–Trinajstić information content (AvgIpc) is 2.84. The van der Waals surface area contributed by atoms with Gasteiger partial charge in [-0.3, -0.25) is 4.98 Å². The number of hydrogen-bond donors (Lipinski definition) is 0. The van der Waals surface area contributed by atoms with Gasteiger partial charge in [0.2, 0.25) is 0 Å². The summed E-state index contributed by atoms with van der Waals surface area (Å²) in [6.45, 7) is 0. The molecular formula is C9H7F3N. The van der Waals surface area contributed by atoms with Crippen molar-refractivity contribution >= 4 is 0 Å². The van der Waals surface area contributed by atoms with E-state index in [2.05, 4.69) is 11.2 Å². The number of hydrogen-bond acceptors (Lipinski definition) is 1. The van der Waals surface area contributed by atoms with Crippen molar-refractivity contribution in [2.24, 2.45) is 0 Å². The molecule has 1 radical (unpaired) electrons. The molecule has 0 amide bonds. The summed E-state index contributed by atoms with van der Waals surface area (Å²) in [6, 6.07) is 4.45. The van der Waals surface area contributed by atoms with Gasteiger partial charge in [-0.25, -0.2) is 0 Å². The van der Waals surface area contributed by atoms with Gasteiger partial charge in [-0.2, -0.15) is 13.2 Å². The highest BCUT2D eigenvalue weighted by Crippen LogP contribution is 2.58. The molecule has 0 bridgehead atoms. The first-order valence-electron chi connectivity index (χ1n) is 3.97. The van der Waals surface area contributed by atoms with Crippen LogP contribution in [-0.2, 0) is 5.41 Å². The van der Waals surface area contributed by atoms with Gasteiger partial charge in [-0.05, 0) is 25.0 Å². The molecule has 0 atom stereocenters. The molecule has 1 aliphatic carbocycles. The molecule has 1 heterocycles. The Morgan fingerprint density at radius 3 is 2.46 bits per heavy atom. The number of nitrogens with zero attached hydrogens (tertiary/aromatic N) is 1. The zero-order chi connectivity index (χ0) is 9.53. The molecule has 0 aromatic carbocycles. The third kappa shape index (κ3) is 1.20. The Hall–Kier alpha value is -1.06. The second-order valence-electron chi connectivity index (χ2n) is 3.23. The van der Waals surface area contributed by atoms with Crippen molar-refractivity contribution in [2.45, 2.75) is 24.4 Å². The molecule has 1 aromatic heterocycles. The average molecular weight is 186 g/mol. The van der Waals surface area contributed by atoms with Crippen molar-refractivity contribution in [3.63, 3.8) is 0 Å². The Kier molecular flexibility index (Phi) is 1.62. The maximum atomic E-state index is 12.5. The summed E-state index contributed by atoms with van der Waals surface area (Å²) >= 11 is 0. The van der Waals surface area contributed by atoms with E-state index in [0.29, 0.717) is 0 Å². The van der Waals surface area contributed by atoms with E-state index >= 15 is 0 Å². The predicted octanol–water partition coefficient (Wildman–Crippen LogP) is 2.48. The van der Waals surface area contributed by atoms with Crippen LogP contribution in [0.25, 0.3) is 0 Å². The van der Waals surface area contributed by atoms with Crippen molar-refractivity contribution in [1.82, 2.24) is 4.98 Å². The van der Waals surface area contributed by atoms with E-state index in [0.717, 1.165) is 0 Å². The summed E-state index contributed by atoms with van der Waals surface area (Å²) in [4.78, 5) is 3.63. The molecule has 2 rings (SSSR count). The van der Waals surface area contributed by atoms with E-state index in [-0.39, 0.29) is 18.5 Å². The molecule has 4 heteroatoms. The lowest BCUT2D eigenvalue weighted by Crippen LogP contribution is -2.29. The summed E-state index contributed by atoms with van der Waals surface area (Å²) < 4.78 is 37.6. The van der Waals surface area contributed by atoms with Crippen LogP contribution in [0.1, 0.15) is 18.5 Å². The molecule has 0 aliphatic heterocycles. The first-order valence-corrected chi connectivity index (χ1v) is 3.97. The van der Waals surface area contributed by atoms with Crippen molar-refractivity contribution in [2.75, 3.05) is 0 Å². The van der Waals surface area contributed by atoms with Crippen molar-refractivity contribution in [1.29, 1.82) is 0 Å². The number of alkyl halides is 3. The Morgan fingerprint density at radius 1 is 1.38 bits per heavy atom. The fourth-order valence-corrected chi connectivity index (χ4v) is 1.40. The highest BCUT2D eigenvalue weighted by molar-refractivity contribution is 5.27. The van der Waals surface area contributed by atoms with Crippen LogP contribution in [-0.4, -0.2) is 11.2 Å². The fourth-order valence-electron chi connectivity index (χ4n) is 1.40. The van der Waals surface area contributed by atoms with Gasteiger partial charge >= 0.3 is 6.18 Å². The van der Waals surface area contributed by atoms with Gasteiger partial charge in [-0.15, -0.1) is 0 Å². The summed E-state index contributed by atoms with van der Waals surface area (Å²) in [7, 11) is 0. The molecule has 1 fully saturated rings. The largest absolute Gasteiger partial charge is 0.399 e. The maximum Gasteiger partial charge on any atom is 0.399 e. The molecule has 1 aromatic rings. The molecule has 1 saturated carbocycles. The van der Waals surface area contributed by atoms with Crippen LogP contribution in [0.4, 0.5) is 13.2 Å². The smallest absolute Gasteiger partial charge is 0.250 e. The second kappa shape index (κ2) is 2.47. The minimum atomic E-state index is -4.17. The van der Waals surface area contributed by atoms with E-state index < -0.39 is 11.6 Å². The number of pyridine rings is 1. The lowest BCUT2D eigenvalue weighted by molar-refractivity contribution is -0.161. The molecule has 0 spiro atoms. The summed E-state index contributed by atoms with van der Waals surface area (Å²) in [5.41, 5.74) is -1.56. The molecular weight excluding hydrogens is 179 g/mol. The van der Waals surface area contributed by atoms with Crippen LogP contribution in [0.15, 0.2) is 18.2 Å². The molecule has 1 aliphatic rings. The lowest BCUT2D eigenvalue weighted by Gasteiger charge is -2.17. The third-order valence-electron chi connectivity index (χ3n) is 2.39. The van der Waals surface area contributed by atoms with Gasteiger partial charge in [0, 0.05) is 0 Å². The lowest BCUT2D eigenvalue weighted by atomic mass is 10.0. The third-order valence-corrected chi connectivity index (χ3v) is 2.39. The Labute approximate surface area is 73.6 Å². The van der Waals surface area contributed by atoms with Gasteiger partial charge < -0.3 is 0 Å². The fraction of sp³-hybridized carbons (Fsp3) is 0.444. The highest BCUT2D eigenvalue weighted by atomic mass is 19.4. The van der Waals surface area contributed by atoms with Crippen molar-refractivity contribution in [3.05, 3.63) is 30.1 Å². The highest BCUT2D eigenvalue weighted by Gasteiger charge is 2.65. The minimum absolute atomic E-state index is 0.0995. The first-order chi connectivity index (χ1) is 6.06. The van der Waals surface area contributed by atoms with Gasteiger partial charge in [0.05, 0.1) is 11.9 Å². The van der Waals surface area contributed by atoms with Gasteiger partial charge in [0.1, 0.15) is 5.41 Å².